The lowest BCUT2D eigenvalue weighted by molar-refractivity contribution is -0.151. The minimum Gasteiger partial charge on any atom is -0.462 e. The van der Waals surface area contributed by atoms with Crippen molar-refractivity contribution in [1.82, 2.24) is 0 Å². The second kappa shape index (κ2) is 7.62. The summed E-state index contributed by atoms with van der Waals surface area (Å²) in [5.74, 6) is -0.856. The third-order valence-electron chi connectivity index (χ3n) is 3.08. The molecule has 4 nitrogen and oxygen atoms in total. The first-order valence-electron chi connectivity index (χ1n) is 6.99. The summed E-state index contributed by atoms with van der Waals surface area (Å²) in [5.41, 5.74) is 0.995. The molecule has 0 heterocycles. The standard InChI is InChI=1S/C17H22O4/c1-5-13-7-9-14(10-8-13)16(19)20-12-11-17(3,4)21-15(18)6-2/h6-10H,2,5,11-12H2,1,3-4H3. The number of aryl methyl sites for hydroxylation is 1. The molecule has 0 aromatic heterocycles. The Morgan fingerprint density at radius 1 is 1.24 bits per heavy atom. The van der Waals surface area contributed by atoms with Crippen LogP contribution >= 0.6 is 0 Å². The first-order valence-corrected chi connectivity index (χ1v) is 6.99. The Morgan fingerprint density at radius 2 is 1.86 bits per heavy atom. The van der Waals surface area contributed by atoms with Gasteiger partial charge >= 0.3 is 11.9 Å². The van der Waals surface area contributed by atoms with Crippen LogP contribution in [0.15, 0.2) is 36.9 Å². The Balaban J connectivity index is 2.45. The van der Waals surface area contributed by atoms with Crippen LogP contribution in [0, 0.1) is 0 Å². The number of hydrogen-bond donors (Lipinski definition) is 0. The highest BCUT2D eigenvalue weighted by atomic mass is 16.6. The molecule has 1 aromatic carbocycles. The van der Waals surface area contributed by atoms with Gasteiger partial charge in [-0.15, -0.1) is 0 Å². The zero-order valence-electron chi connectivity index (χ0n) is 12.8. The molecule has 0 aliphatic heterocycles. The minimum atomic E-state index is -0.697. The van der Waals surface area contributed by atoms with Gasteiger partial charge in [0.15, 0.2) is 0 Å². The molecule has 0 spiro atoms. The molecule has 0 saturated carbocycles. The lowest BCUT2D eigenvalue weighted by Gasteiger charge is -2.24. The number of carbonyl (C=O) groups is 2. The topological polar surface area (TPSA) is 52.6 Å². The molecule has 1 rings (SSSR count). The first-order chi connectivity index (χ1) is 9.88. The van der Waals surface area contributed by atoms with Crippen LogP contribution < -0.4 is 0 Å². The van der Waals surface area contributed by atoms with Gasteiger partial charge in [-0.1, -0.05) is 25.6 Å². The van der Waals surface area contributed by atoms with E-state index in [0.29, 0.717) is 12.0 Å². The van der Waals surface area contributed by atoms with Crippen LogP contribution in [0.4, 0.5) is 0 Å². The average Bonchev–Trinajstić information content (AvgIpc) is 2.46. The summed E-state index contributed by atoms with van der Waals surface area (Å²) in [7, 11) is 0. The third kappa shape index (κ3) is 5.81. The van der Waals surface area contributed by atoms with E-state index in [4.69, 9.17) is 9.47 Å². The van der Waals surface area contributed by atoms with Gasteiger partial charge in [0, 0.05) is 12.5 Å². The average molecular weight is 290 g/mol. The van der Waals surface area contributed by atoms with Gasteiger partial charge in [-0.3, -0.25) is 0 Å². The number of rotatable bonds is 7. The van der Waals surface area contributed by atoms with Crippen molar-refractivity contribution in [3.63, 3.8) is 0 Å². The van der Waals surface area contributed by atoms with Crippen molar-refractivity contribution in [3.05, 3.63) is 48.0 Å². The quantitative estimate of drug-likeness (QED) is 0.571. The van der Waals surface area contributed by atoms with Gasteiger partial charge < -0.3 is 9.47 Å². The van der Waals surface area contributed by atoms with Gasteiger partial charge in [-0.2, -0.15) is 0 Å². The maximum atomic E-state index is 11.9. The van der Waals surface area contributed by atoms with Crippen molar-refractivity contribution in [2.75, 3.05) is 6.61 Å². The highest BCUT2D eigenvalue weighted by Gasteiger charge is 2.22. The molecule has 114 valence electrons. The van der Waals surface area contributed by atoms with Crippen LogP contribution in [0.2, 0.25) is 0 Å². The molecule has 0 unspecified atom stereocenters. The van der Waals surface area contributed by atoms with E-state index in [1.54, 1.807) is 26.0 Å². The molecule has 1 aromatic rings. The number of carbonyl (C=O) groups excluding carboxylic acids is 2. The summed E-state index contributed by atoms with van der Waals surface area (Å²) in [6, 6.07) is 7.33. The Labute approximate surface area is 125 Å². The lowest BCUT2D eigenvalue weighted by atomic mass is 10.1. The third-order valence-corrected chi connectivity index (χ3v) is 3.08. The first kappa shape index (κ1) is 17.0. The van der Waals surface area contributed by atoms with Gasteiger partial charge in [0.05, 0.1) is 12.2 Å². The maximum absolute atomic E-state index is 11.9. The van der Waals surface area contributed by atoms with Crippen LogP contribution in [-0.4, -0.2) is 24.1 Å². The van der Waals surface area contributed by atoms with E-state index in [1.807, 2.05) is 12.1 Å². The minimum absolute atomic E-state index is 0.186. The van der Waals surface area contributed by atoms with Crippen LogP contribution in [0.25, 0.3) is 0 Å². The smallest absolute Gasteiger partial charge is 0.338 e. The number of esters is 2. The van der Waals surface area contributed by atoms with Gasteiger partial charge in [0.2, 0.25) is 0 Å². The van der Waals surface area contributed by atoms with E-state index in [-0.39, 0.29) is 12.6 Å². The molecule has 0 radical (unpaired) electrons. The van der Waals surface area contributed by atoms with E-state index < -0.39 is 11.6 Å². The fraction of sp³-hybridized carbons (Fsp3) is 0.412. The molecule has 0 bridgehead atoms. The molecule has 0 aliphatic rings. The summed E-state index contributed by atoms with van der Waals surface area (Å²) in [4.78, 5) is 23.0. The van der Waals surface area contributed by atoms with Crippen LogP contribution in [0.3, 0.4) is 0 Å². The largest absolute Gasteiger partial charge is 0.462 e. The normalized spacial score (nSPS) is 10.8. The van der Waals surface area contributed by atoms with E-state index in [1.165, 1.54) is 5.56 Å². The van der Waals surface area contributed by atoms with Gasteiger partial charge in [-0.05, 0) is 38.0 Å². The van der Waals surface area contributed by atoms with Crippen molar-refractivity contribution < 1.29 is 19.1 Å². The molecule has 4 heteroatoms. The molecule has 0 amide bonds. The molecule has 0 N–H and O–H groups in total. The molecular formula is C17H22O4. The summed E-state index contributed by atoms with van der Waals surface area (Å²) in [5, 5.41) is 0. The molecule has 0 fully saturated rings. The van der Waals surface area contributed by atoms with Crippen LogP contribution in [0.5, 0.6) is 0 Å². The Hall–Kier alpha value is -2.10. The number of benzene rings is 1. The van der Waals surface area contributed by atoms with Crippen molar-refractivity contribution >= 4 is 11.9 Å². The van der Waals surface area contributed by atoms with Crippen molar-refractivity contribution in [3.8, 4) is 0 Å². The van der Waals surface area contributed by atoms with E-state index in [9.17, 15) is 9.59 Å². The van der Waals surface area contributed by atoms with Crippen molar-refractivity contribution in [2.45, 2.75) is 39.2 Å². The Kier molecular flexibility index (Phi) is 6.15. The van der Waals surface area contributed by atoms with Crippen LogP contribution in [0.1, 0.15) is 43.1 Å². The maximum Gasteiger partial charge on any atom is 0.338 e. The van der Waals surface area contributed by atoms with E-state index >= 15 is 0 Å². The molecule has 0 aliphatic carbocycles. The van der Waals surface area contributed by atoms with Crippen LogP contribution in [-0.2, 0) is 20.7 Å². The summed E-state index contributed by atoms with van der Waals surface area (Å²) in [6.45, 7) is 9.11. The summed E-state index contributed by atoms with van der Waals surface area (Å²) >= 11 is 0. The van der Waals surface area contributed by atoms with Crippen molar-refractivity contribution in [2.24, 2.45) is 0 Å². The monoisotopic (exact) mass is 290 g/mol. The fourth-order valence-electron chi connectivity index (χ4n) is 1.71. The lowest BCUT2D eigenvalue weighted by Crippen LogP contribution is -2.29. The Morgan fingerprint density at radius 3 is 2.38 bits per heavy atom. The molecule has 0 atom stereocenters. The van der Waals surface area contributed by atoms with E-state index in [2.05, 4.69) is 13.5 Å². The number of ether oxygens (including phenoxy) is 2. The van der Waals surface area contributed by atoms with Gasteiger partial charge in [0.1, 0.15) is 5.60 Å². The fourth-order valence-corrected chi connectivity index (χ4v) is 1.71. The molecule has 0 saturated heterocycles. The van der Waals surface area contributed by atoms with Gasteiger partial charge in [0.25, 0.3) is 0 Å². The van der Waals surface area contributed by atoms with Gasteiger partial charge in [-0.25, -0.2) is 9.59 Å². The number of hydrogen-bond acceptors (Lipinski definition) is 4. The zero-order chi connectivity index (χ0) is 15.9. The molecular weight excluding hydrogens is 268 g/mol. The Bertz CT molecular complexity index is 500. The molecule has 21 heavy (non-hydrogen) atoms. The highest BCUT2D eigenvalue weighted by molar-refractivity contribution is 5.89. The predicted molar refractivity (Wildman–Crippen MR) is 81.1 cm³/mol. The summed E-state index contributed by atoms with van der Waals surface area (Å²) < 4.78 is 10.4. The summed E-state index contributed by atoms with van der Waals surface area (Å²) in [6.07, 6.45) is 2.46. The van der Waals surface area contributed by atoms with Crippen molar-refractivity contribution in [1.29, 1.82) is 0 Å². The SMILES string of the molecule is C=CC(=O)OC(C)(C)CCOC(=O)c1ccc(CC)cc1. The second-order valence-electron chi connectivity index (χ2n) is 5.32. The second-order valence-corrected chi connectivity index (χ2v) is 5.32. The zero-order valence-corrected chi connectivity index (χ0v) is 12.8. The predicted octanol–water partition coefficient (Wildman–Crippen LogP) is 3.30. The highest BCUT2D eigenvalue weighted by Crippen LogP contribution is 2.15. The van der Waals surface area contributed by atoms with E-state index in [0.717, 1.165) is 12.5 Å².